The zero-order valence-corrected chi connectivity index (χ0v) is 12.9. The fourth-order valence-electron chi connectivity index (χ4n) is 2.45. The molecule has 22 heavy (non-hydrogen) atoms. The van der Waals surface area contributed by atoms with Crippen LogP contribution in [0.3, 0.4) is 0 Å². The van der Waals surface area contributed by atoms with Gasteiger partial charge in [0, 0.05) is 6.54 Å². The predicted octanol–water partition coefficient (Wildman–Crippen LogP) is 3.10. The van der Waals surface area contributed by atoms with Crippen LogP contribution in [-0.4, -0.2) is 23.7 Å². The van der Waals surface area contributed by atoms with Crippen LogP contribution in [0, 0.1) is 0 Å². The van der Waals surface area contributed by atoms with Gasteiger partial charge in [-0.1, -0.05) is 67.6 Å². The average molecular weight is 297 g/mol. The molecule has 1 unspecified atom stereocenters. The van der Waals surface area contributed by atoms with E-state index in [9.17, 15) is 9.90 Å². The van der Waals surface area contributed by atoms with Gasteiger partial charge in [0.25, 0.3) is 0 Å². The Kier molecular flexibility index (Phi) is 6.16. The molecule has 2 rings (SSSR count). The van der Waals surface area contributed by atoms with Crippen molar-refractivity contribution in [2.24, 2.45) is 0 Å². The molecular weight excluding hydrogens is 274 g/mol. The third kappa shape index (κ3) is 4.43. The van der Waals surface area contributed by atoms with E-state index in [1.54, 1.807) is 0 Å². The van der Waals surface area contributed by atoms with E-state index in [1.807, 2.05) is 67.6 Å². The van der Waals surface area contributed by atoms with Gasteiger partial charge < -0.3 is 10.4 Å². The molecule has 0 bridgehead atoms. The second-order valence-corrected chi connectivity index (χ2v) is 5.40. The lowest BCUT2D eigenvalue weighted by Gasteiger charge is -2.18. The molecule has 0 spiro atoms. The summed E-state index contributed by atoms with van der Waals surface area (Å²) in [5.74, 6) is -0.345. The van der Waals surface area contributed by atoms with Crippen LogP contribution >= 0.6 is 0 Å². The minimum absolute atomic E-state index is 0.0271. The van der Waals surface area contributed by atoms with Crippen LogP contribution in [0.15, 0.2) is 60.7 Å². The Morgan fingerprint density at radius 1 is 1.00 bits per heavy atom. The molecule has 0 fully saturated rings. The summed E-state index contributed by atoms with van der Waals surface area (Å²) >= 11 is 0. The van der Waals surface area contributed by atoms with Crippen molar-refractivity contribution >= 4 is 5.91 Å². The van der Waals surface area contributed by atoms with Crippen molar-refractivity contribution in [3.05, 3.63) is 71.8 Å². The van der Waals surface area contributed by atoms with Crippen LogP contribution in [0.5, 0.6) is 0 Å². The monoisotopic (exact) mass is 297 g/mol. The van der Waals surface area contributed by atoms with Crippen molar-refractivity contribution < 1.29 is 9.90 Å². The zero-order chi connectivity index (χ0) is 15.8. The third-order valence-electron chi connectivity index (χ3n) is 3.78. The summed E-state index contributed by atoms with van der Waals surface area (Å²) in [6, 6.07) is 19.5. The Morgan fingerprint density at radius 3 is 1.95 bits per heavy atom. The summed E-state index contributed by atoms with van der Waals surface area (Å²) in [4.78, 5) is 12.6. The van der Waals surface area contributed by atoms with Crippen LogP contribution in [0.4, 0.5) is 0 Å². The molecule has 0 aromatic heterocycles. The van der Waals surface area contributed by atoms with Crippen LogP contribution in [0.25, 0.3) is 0 Å². The first-order valence-corrected chi connectivity index (χ1v) is 7.78. The first kappa shape index (κ1) is 16.2. The normalized spacial score (nSPS) is 12.1. The molecule has 0 aliphatic carbocycles. The van der Waals surface area contributed by atoms with E-state index in [0.29, 0.717) is 19.4 Å². The maximum absolute atomic E-state index is 12.6. The second-order valence-electron chi connectivity index (χ2n) is 5.40. The Balaban J connectivity index is 2.13. The maximum Gasteiger partial charge on any atom is 0.232 e. The van der Waals surface area contributed by atoms with E-state index < -0.39 is 0 Å². The number of rotatable bonds is 7. The van der Waals surface area contributed by atoms with Crippen LogP contribution < -0.4 is 5.32 Å². The summed E-state index contributed by atoms with van der Waals surface area (Å²) in [5, 5.41) is 12.5. The van der Waals surface area contributed by atoms with Crippen molar-refractivity contribution in [2.75, 3.05) is 6.54 Å². The lowest BCUT2D eigenvalue weighted by molar-refractivity contribution is -0.121. The number of aliphatic hydroxyl groups excluding tert-OH is 1. The maximum atomic E-state index is 12.6. The molecule has 0 saturated heterocycles. The number of carbonyl (C=O) groups excluding carboxylic acids is 1. The predicted molar refractivity (Wildman–Crippen MR) is 88.7 cm³/mol. The van der Waals surface area contributed by atoms with Crippen molar-refractivity contribution in [1.29, 1.82) is 0 Å². The first-order chi connectivity index (χ1) is 10.7. The van der Waals surface area contributed by atoms with Gasteiger partial charge in [0.15, 0.2) is 0 Å². The molecule has 0 aliphatic rings. The van der Waals surface area contributed by atoms with Gasteiger partial charge in [-0.05, 0) is 24.0 Å². The highest BCUT2D eigenvalue weighted by atomic mass is 16.3. The Labute approximate surface area is 132 Å². The molecule has 2 aromatic carbocycles. The van der Waals surface area contributed by atoms with Gasteiger partial charge in [0.1, 0.15) is 0 Å². The Morgan fingerprint density at radius 2 is 1.50 bits per heavy atom. The smallest absolute Gasteiger partial charge is 0.232 e. The van der Waals surface area contributed by atoms with Gasteiger partial charge in [0.05, 0.1) is 12.0 Å². The second kappa shape index (κ2) is 8.35. The number of carbonyl (C=O) groups is 1. The molecule has 0 radical (unpaired) electrons. The number of benzene rings is 2. The molecule has 3 nitrogen and oxygen atoms in total. The molecule has 0 saturated carbocycles. The number of aliphatic hydroxyl groups is 1. The van der Waals surface area contributed by atoms with Crippen LogP contribution in [0.1, 0.15) is 36.8 Å². The lowest BCUT2D eigenvalue weighted by atomic mass is 9.90. The van der Waals surface area contributed by atoms with Gasteiger partial charge >= 0.3 is 0 Å². The zero-order valence-electron chi connectivity index (χ0n) is 12.9. The third-order valence-corrected chi connectivity index (χ3v) is 3.78. The number of hydrogen-bond acceptors (Lipinski definition) is 2. The SMILES string of the molecule is CCC(O)CCNC(=O)C(c1ccccc1)c1ccccc1. The van der Waals surface area contributed by atoms with Crippen molar-refractivity contribution in [3.8, 4) is 0 Å². The molecule has 3 heteroatoms. The summed E-state index contributed by atoms with van der Waals surface area (Å²) in [6.45, 7) is 2.42. The largest absolute Gasteiger partial charge is 0.393 e. The molecule has 116 valence electrons. The number of hydrogen-bond donors (Lipinski definition) is 2. The van der Waals surface area contributed by atoms with Crippen LogP contribution in [-0.2, 0) is 4.79 Å². The van der Waals surface area contributed by atoms with E-state index in [-0.39, 0.29) is 17.9 Å². The minimum Gasteiger partial charge on any atom is -0.393 e. The minimum atomic E-state index is -0.354. The standard InChI is InChI=1S/C19H23NO2/c1-2-17(21)13-14-20-19(22)18(15-9-5-3-6-10-15)16-11-7-4-8-12-16/h3-12,17-18,21H,2,13-14H2,1H3,(H,20,22). The van der Waals surface area contributed by atoms with Gasteiger partial charge in [-0.2, -0.15) is 0 Å². The highest BCUT2D eigenvalue weighted by Crippen LogP contribution is 2.24. The summed E-state index contributed by atoms with van der Waals surface area (Å²) in [6.07, 6.45) is 0.932. The Hall–Kier alpha value is -2.13. The fourth-order valence-corrected chi connectivity index (χ4v) is 2.45. The van der Waals surface area contributed by atoms with Gasteiger partial charge in [0.2, 0.25) is 5.91 Å². The topological polar surface area (TPSA) is 49.3 Å². The fraction of sp³-hybridized carbons (Fsp3) is 0.316. The molecular formula is C19H23NO2. The Bertz CT molecular complexity index is 529. The van der Waals surface area contributed by atoms with E-state index in [2.05, 4.69) is 5.32 Å². The van der Waals surface area contributed by atoms with Gasteiger partial charge in [-0.15, -0.1) is 0 Å². The van der Waals surface area contributed by atoms with E-state index in [0.717, 1.165) is 11.1 Å². The van der Waals surface area contributed by atoms with Gasteiger partial charge in [-0.25, -0.2) is 0 Å². The summed E-state index contributed by atoms with van der Waals surface area (Å²) < 4.78 is 0. The van der Waals surface area contributed by atoms with Crippen molar-refractivity contribution in [2.45, 2.75) is 31.8 Å². The average Bonchev–Trinajstić information content (AvgIpc) is 2.57. The molecule has 2 N–H and O–H groups in total. The van der Waals surface area contributed by atoms with Crippen LogP contribution in [0.2, 0.25) is 0 Å². The molecule has 2 aromatic rings. The molecule has 0 heterocycles. The van der Waals surface area contributed by atoms with E-state index >= 15 is 0 Å². The number of nitrogens with one attached hydrogen (secondary N) is 1. The molecule has 1 amide bonds. The van der Waals surface area contributed by atoms with E-state index in [1.165, 1.54) is 0 Å². The first-order valence-electron chi connectivity index (χ1n) is 7.78. The summed E-state index contributed by atoms with van der Waals surface area (Å²) in [7, 11) is 0. The number of amides is 1. The highest BCUT2D eigenvalue weighted by molar-refractivity contribution is 5.87. The lowest BCUT2D eigenvalue weighted by Crippen LogP contribution is -2.32. The quantitative estimate of drug-likeness (QED) is 0.825. The highest BCUT2D eigenvalue weighted by Gasteiger charge is 2.22. The molecule has 0 aliphatic heterocycles. The van der Waals surface area contributed by atoms with Crippen molar-refractivity contribution in [3.63, 3.8) is 0 Å². The van der Waals surface area contributed by atoms with E-state index in [4.69, 9.17) is 0 Å². The summed E-state index contributed by atoms with van der Waals surface area (Å²) in [5.41, 5.74) is 1.95. The van der Waals surface area contributed by atoms with Crippen molar-refractivity contribution in [1.82, 2.24) is 5.32 Å². The molecule has 1 atom stereocenters. The van der Waals surface area contributed by atoms with Gasteiger partial charge in [-0.3, -0.25) is 4.79 Å².